The zero-order valence-electron chi connectivity index (χ0n) is 18.9. The molecule has 2 N–H and O–H groups in total. The van der Waals surface area contributed by atoms with Crippen molar-refractivity contribution >= 4 is 27.5 Å². The van der Waals surface area contributed by atoms with E-state index in [2.05, 4.69) is 15.0 Å². The lowest BCUT2D eigenvalue weighted by atomic mass is 10.1. The van der Waals surface area contributed by atoms with Gasteiger partial charge in [0, 0.05) is 23.9 Å². The summed E-state index contributed by atoms with van der Waals surface area (Å²) >= 11 is 0. The first-order valence-corrected chi connectivity index (χ1v) is 11.3. The second-order valence-corrected chi connectivity index (χ2v) is 7.79. The van der Waals surface area contributed by atoms with E-state index in [1.807, 2.05) is 84.9 Å². The number of anilines is 1. The van der Waals surface area contributed by atoms with Crippen LogP contribution in [0.1, 0.15) is 0 Å². The van der Waals surface area contributed by atoms with E-state index < -0.39 is 0 Å². The number of fused-ring (bicyclic) bond motifs is 2. The van der Waals surface area contributed by atoms with Crippen molar-refractivity contribution in [3.05, 3.63) is 84.9 Å². The molecule has 8 nitrogen and oxygen atoms in total. The van der Waals surface area contributed by atoms with Gasteiger partial charge in [-0.1, -0.05) is 72.8 Å². The molecule has 0 saturated heterocycles. The monoisotopic (exact) mass is 468 g/mol. The molecule has 176 valence electrons. The Morgan fingerprint density at radius 3 is 1.51 bits per heavy atom. The van der Waals surface area contributed by atoms with Crippen LogP contribution in [0.5, 0.6) is 23.5 Å². The Labute approximate surface area is 202 Å². The van der Waals surface area contributed by atoms with Crippen molar-refractivity contribution in [2.75, 3.05) is 31.2 Å². The second kappa shape index (κ2) is 10.3. The summed E-state index contributed by atoms with van der Waals surface area (Å²) in [6.45, 7) is 0.188. The maximum Gasteiger partial charge on any atom is 0.330 e. The summed E-state index contributed by atoms with van der Waals surface area (Å²) in [5.41, 5.74) is 0. The molecule has 0 aliphatic carbocycles. The van der Waals surface area contributed by atoms with Gasteiger partial charge in [-0.3, -0.25) is 0 Å². The molecule has 8 heteroatoms. The standard InChI is InChI=1S/C27H24N4O4/c32-17-15-31(16-18-33)25-28-26(34-23-13-5-9-19-7-1-3-11-21(19)23)30-27(29-25)35-24-14-6-10-20-8-2-4-12-22(20)24/h1-14,32-33H,15-18H2. The first kappa shape index (κ1) is 22.5. The molecule has 1 heterocycles. The lowest BCUT2D eigenvalue weighted by molar-refractivity contribution is 0.279. The highest BCUT2D eigenvalue weighted by Gasteiger charge is 2.17. The van der Waals surface area contributed by atoms with Crippen molar-refractivity contribution in [1.29, 1.82) is 0 Å². The number of aliphatic hydroxyl groups excluding tert-OH is 2. The normalized spacial score (nSPS) is 11.0. The van der Waals surface area contributed by atoms with Crippen molar-refractivity contribution in [2.24, 2.45) is 0 Å². The molecule has 0 saturated carbocycles. The molecular weight excluding hydrogens is 444 g/mol. The molecule has 0 atom stereocenters. The maximum atomic E-state index is 9.51. The minimum atomic E-state index is -0.134. The predicted molar refractivity (Wildman–Crippen MR) is 134 cm³/mol. The van der Waals surface area contributed by atoms with Crippen LogP contribution in [-0.2, 0) is 0 Å². The molecule has 0 amide bonds. The quantitative estimate of drug-likeness (QED) is 0.325. The highest BCUT2D eigenvalue weighted by molar-refractivity contribution is 5.89. The minimum absolute atomic E-state index is 0.0440. The lowest BCUT2D eigenvalue weighted by Gasteiger charge is -2.21. The van der Waals surface area contributed by atoms with Crippen LogP contribution in [0.15, 0.2) is 84.9 Å². The smallest absolute Gasteiger partial charge is 0.330 e. The Bertz CT molecular complexity index is 1340. The number of aliphatic hydroxyl groups is 2. The average molecular weight is 469 g/mol. The molecule has 35 heavy (non-hydrogen) atoms. The van der Waals surface area contributed by atoms with Gasteiger partial charge in [-0.2, -0.15) is 9.97 Å². The zero-order valence-corrected chi connectivity index (χ0v) is 18.9. The van der Waals surface area contributed by atoms with E-state index in [4.69, 9.17) is 9.47 Å². The number of ether oxygens (including phenoxy) is 2. The van der Waals surface area contributed by atoms with E-state index in [0.29, 0.717) is 11.5 Å². The van der Waals surface area contributed by atoms with E-state index in [1.54, 1.807) is 4.90 Å². The third kappa shape index (κ3) is 4.98. The van der Waals surface area contributed by atoms with E-state index in [9.17, 15) is 10.2 Å². The summed E-state index contributed by atoms with van der Waals surface area (Å²) in [5.74, 6) is 1.41. The van der Waals surface area contributed by atoms with Crippen LogP contribution in [0, 0.1) is 0 Å². The van der Waals surface area contributed by atoms with Gasteiger partial charge in [0.25, 0.3) is 0 Å². The van der Waals surface area contributed by atoms with Gasteiger partial charge in [-0.15, -0.1) is 4.98 Å². The Morgan fingerprint density at radius 1 is 0.571 bits per heavy atom. The molecule has 0 aliphatic heterocycles. The van der Waals surface area contributed by atoms with Crippen molar-refractivity contribution in [3.63, 3.8) is 0 Å². The largest absolute Gasteiger partial charge is 0.423 e. The van der Waals surface area contributed by atoms with Crippen molar-refractivity contribution in [2.45, 2.75) is 0 Å². The van der Waals surface area contributed by atoms with E-state index in [-0.39, 0.29) is 44.3 Å². The van der Waals surface area contributed by atoms with Gasteiger partial charge in [0.1, 0.15) is 11.5 Å². The molecule has 5 rings (SSSR count). The minimum Gasteiger partial charge on any atom is -0.423 e. The van der Waals surface area contributed by atoms with E-state index >= 15 is 0 Å². The number of rotatable bonds is 9. The van der Waals surface area contributed by atoms with Crippen LogP contribution in [0.4, 0.5) is 5.95 Å². The van der Waals surface area contributed by atoms with Crippen LogP contribution in [0.3, 0.4) is 0 Å². The Kier molecular flexibility index (Phi) is 6.65. The number of aromatic nitrogens is 3. The number of hydrogen-bond donors (Lipinski definition) is 2. The number of benzene rings is 4. The summed E-state index contributed by atoms with van der Waals surface area (Å²) in [5, 5.41) is 22.9. The highest BCUT2D eigenvalue weighted by atomic mass is 16.5. The summed E-state index contributed by atoms with van der Waals surface area (Å²) in [6, 6.07) is 27.3. The fourth-order valence-corrected chi connectivity index (χ4v) is 3.88. The Balaban J connectivity index is 1.57. The fraction of sp³-hybridized carbons (Fsp3) is 0.148. The van der Waals surface area contributed by atoms with Gasteiger partial charge in [-0.05, 0) is 22.9 Å². The molecule has 0 radical (unpaired) electrons. The Morgan fingerprint density at radius 2 is 1.03 bits per heavy atom. The topological polar surface area (TPSA) is 101 Å². The average Bonchev–Trinajstić information content (AvgIpc) is 2.89. The first-order chi connectivity index (χ1) is 17.2. The highest BCUT2D eigenvalue weighted by Crippen LogP contribution is 2.32. The molecule has 5 aromatic rings. The molecule has 0 fully saturated rings. The second-order valence-electron chi connectivity index (χ2n) is 7.79. The predicted octanol–water partition coefficient (Wildman–Crippen LogP) is 4.55. The van der Waals surface area contributed by atoms with Gasteiger partial charge in [0.15, 0.2) is 0 Å². The van der Waals surface area contributed by atoms with Crippen LogP contribution < -0.4 is 14.4 Å². The Hall–Kier alpha value is -4.27. The maximum absolute atomic E-state index is 9.51. The van der Waals surface area contributed by atoms with Crippen molar-refractivity contribution in [3.8, 4) is 23.5 Å². The molecular formula is C27H24N4O4. The molecule has 4 aromatic carbocycles. The van der Waals surface area contributed by atoms with Gasteiger partial charge < -0.3 is 24.6 Å². The summed E-state index contributed by atoms with van der Waals surface area (Å²) in [4.78, 5) is 15.0. The number of nitrogens with zero attached hydrogens (tertiary/aromatic N) is 4. The molecule has 1 aromatic heterocycles. The van der Waals surface area contributed by atoms with Crippen LogP contribution in [0.2, 0.25) is 0 Å². The van der Waals surface area contributed by atoms with Crippen LogP contribution in [0.25, 0.3) is 21.5 Å². The van der Waals surface area contributed by atoms with Gasteiger partial charge in [-0.25, -0.2) is 0 Å². The molecule has 0 aliphatic rings. The third-order valence-electron chi connectivity index (χ3n) is 5.51. The van der Waals surface area contributed by atoms with Crippen LogP contribution >= 0.6 is 0 Å². The lowest BCUT2D eigenvalue weighted by Crippen LogP contribution is -2.31. The third-order valence-corrected chi connectivity index (χ3v) is 5.51. The van der Waals surface area contributed by atoms with E-state index in [0.717, 1.165) is 21.5 Å². The van der Waals surface area contributed by atoms with Gasteiger partial charge in [0.05, 0.1) is 13.2 Å². The van der Waals surface area contributed by atoms with Gasteiger partial charge in [0.2, 0.25) is 5.95 Å². The SMILES string of the molecule is OCCN(CCO)c1nc(Oc2cccc3ccccc23)nc(Oc2cccc3ccccc23)n1. The molecule has 0 spiro atoms. The summed E-state index contributed by atoms with van der Waals surface area (Å²) < 4.78 is 12.2. The number of hydrogen-bond acceptors (Lipinski definition) is 8. The summed E-state index contributed by atoms with van der Waals surface area (Å²) in [7, 11) is 0. The first-order valence-electron chi connectivity index (χ1n) is 11.3. The summed E-state index contributed by atoms with van der Waals surface area (Å²) in [6.07, 6.45) is 0. The van der Waals surface area contributed by atoms with Crippen molar-refractivity contribution in [1.82, 2.24) is 15.0 Å². The molecule has 0 unspecified atom stereocenters. The fourth-order valence-electron chi connectivity index (χ4n) is 3.88. The molecule has 0 bridgehead atoms. The van der Waals surface area contributed by atoms with Crippen molar-refractivity contribution < 1.29 is 19.7 Å². The van der Waals surface area contributed by atoms with E-state index in [1.165, 1.54) is 0 Å². The zero-order chi connectivity index (χ0) is 24.0. The van der Waals surface area contributed by atoms with Gasteiger partial charge >= 0.3 is 12.0 Å². The van der Waals surface area contributed by atoms with Crippen LogP contribution in [-0.4, -0.2) is 51.5 Å².